The summed E-state index contributed by atoms with van der Waals surface area (Å²) >= 11 is 0. The molecular formula is C11H10N2O2. The zero-order chi connectivity index (χ0) is 10.8. The second-order valence-electron chi connectivity index (χ2n) is 3.31. The molecule has 0 saturated carbocycles. The van der Waals surface area contributed by atoms with Crippen molar-refractivity contribution in [2.45, 2.75) is 6.92 Å². The largest absolute Gasteiger partial charge is 0.326 e. The van der Waals surface area contributed by atoms with Crippen molar-refractivity contribution in [3.8, 4) is 0 Å². The third kappa shape index (κ3) is 2.04. The van der Waals surface area contributed by atoms with Crippen molar-refractivity contribution in [3.05, 3.63) is 40.7 Å². The molecule has 0 spiro atoms. The van der Waals surface area contributed by atoms with E-state index in [1.54, 1.807) is 18.2 Å². The average Bonchev–Trinajstić information content (AvgIpc) is 2.17. The van der Waals surface area contributed by atoms with Gasteiger partial charge in [-0.1, -0.05) is 0 Å². The van der Waals surface area contributed by atoms with Gasteiger partial charge in [0.1, 0.15) is 0 Å². The number of rotatable bonds is 1. The van der Waals surface area contributed by atoms with E-state index in [-0.39, 0.29) is 11.5 Å². The number of hydrogen-bond donors (Lipinski definition) is 2. The Hall–Kier alpha value is -2.10. The maximum Gasteiger partial charge on any atom is 0.248 e. The van der Waals surface area contributed by atoms with Gasteiger partial charge in [0.2, 0.25) is 11.5 Å². The van der Waals surface area contributed by atoms with Crippen molar-refractivity contribution in [1.29, 1.82) is 0 Å². The molecule has 0 saturated heterocycles. The lowest BCUT2D eigenvalue weighted by Crippen LogP contribution is -2.06. The Labute approximate surface area is 85.9 Å². The number of amides is 1. The van der Waals surface area contributed by atoms with Crippen molar-refractivity contribution >= 4 is 22.5 Å². The van der Waals surface area contributed by atoms with E-state index in [2.05, 4.69) is 10.3 Å². The Bertz CT molecular complexity index is 572. The van der Waals surface area contributed by atoms with Crippen molar-refractivity contribution in [2.24, 2.45) is 0 Å². The smallest absolute Gasteiger partial charge is 0.248 e. The van der Waals surface area contributed by atoms with Crippen molar-refractivity contribution in [3.63, 3.8) is 0 Å². The average molecular weight is 202 g/mol. The second kappa shape index (κ2) is 3.57. The van der Waals surface area contributed by atoms with Gasteiger partial charge in [0, 0.05) is 29.6 Å². The quantitative estimate of drug-likeness (QED) is 0.735. The summed E-state index contributed by atoms with van der Waals surface area (Å²) in [6.07, 6.45) is 0. The van der Waals surface area contributed by atoms with E-state index in [4.69, 9.17) is 0 Å². The van der Waals surface area contributed by atoms with Gasteiger partial charge in [0.25, 0.3) is 0 Å². The Kier molecular flexibility index (Phi) is 2.25. The van der Waals surface area contributed by atoms with E-state index < -0.39 is 0 Å². The standard InChI is InChI=1S/C11H10N2O2/c1-7(14)12-9-3-4-10-8(6-9)2-5-11(15)13-10/h2-6H,1H3,(H,12,14)(H,13,15). The topological polar surface area (TPSA) is 62.0 Å². The molecule has 0 aliphatic carbocycles. The number of aromatic nitrogens is 1. The first-order chi connectivity index (χ1) is 7.15. The van der Waals surface area contributed by atoms with Crippen LogP contribution in [-0.2, 0) is 4.79 Å². The summed E-state index contributed by atoms with van der Waals surface area (Å²) in [5.41, 5.74) is 1.36. The fourth-order valence-electron chi connectivity index (χ4n) is 1.44. The van der Waals surface area contributed by atoms with E-state index in [1.807, 2.05) is 6.07 Å². The summed E-state index contributed by atoms with van der Waals surface area (Å²) < 4.78 is 0. The van der Waals surface area contributed by atoms with Gasteiger partial charge in [-0.3, -0.25) is 9.59 Å². The summed E-state index contributed by atoms with van der Waals surface area (Å²) in [6.45, 7) is 1.46. The van der Waals surface area contributed by atoms with Crippen LogP contribution in [0.2, 0.25) is 0 Å². The number of carbonyl (C=O) groups excluding carboxylic acids is 1. The molecule has 4 nitrogen and oxygen atoms in total. The van der Waals surface area contributed by atoms with Gasteiger partial charge in [-0.2, -0.15) is 0 Å². The molecule has 0 unspecified atom stereocenters. The normalized spacial score (nSPS) is 10.2. The van der Waals surface area contributed by atoms with Crippen LogP contribution in [0.4, 0.5) is 5.69 Å². The highest BCUT2D eigenvalue weighted by Gasteiger charge is 1.98. The van der Waals surface area contributed by atoms with E-state index in [0.717, 1.165) is 16.6 Å². The Morgan fingerprint density at radius 1 is 1.27 bits per heavy atom. The van der Waals surface area contributed by atoms with Gasteiger partial charge in [0.15, 0.2) is 0 Å². The number of pyridine rings is 1. The van der Waals surface area contributed by atoms with E-state index in [1.165, 1.54) is 13.0 Å². The van der Waals surface area contributed by atoms with E-state index in [9.17, 15) is 9.59 Å². The van der Waals surface area contributed by atoms with Crippen LogP contribution in [0.15, 0.2) is 35.1 Å². The zero-order valence-electron chi connectivity index (χ0n) is 8.20. The van der Waals surface area contributed by atoms with Crippen molar-refractivity contribution < 1.29 is 4.79 Å². The number of hydrogen-bond acceptors (Lipinski definition) is 2. The highest BCUT2D eigenvalue weighted by Crippen LogP contribution is 2.15. The first-order valence-corrected chi connectivity index (χ1v) is 4.56. The summed E-state index contributed by atoms with van der Waals surface area (Å²) in [6, 6.07) is 8.51. The Morgan fingerprint density at radius 3 is 2.80 bits per heavy atom. The van der Waals surface area contributed by atoms with Gasteiger partial charge in [-0.05, 0) is 24.3 Å². The van der Waals surface area contributed by atoms with Gasteiger partial charge in [-0.15, -0.1) is 0 Å². The highest BCUT2D eigenvalue weighted by atomic mass is 16.1. The number of fused-ring (bicyclic) bond motifs is 1. The molecule has 0 atom stereocenters. The number of carbonyl (C=O) groups is 1. The fourth-order valence-corrected chi connectivity index (χ4v) is 1.44. The van der Waals surface area contributed by atoms with Crippen LogP contribution in [0.5, 0.6) is 0 Å². The van der Waals surface area contributed by atoms with Crippen molar-refractivity contribution in [2.75, 3.05) is 5.32 Å². The number of H-pyrrole nitrogens is 1. The molecule has 4 heteroatoms. The Morgan fingerprint density at radius 2 is 2.07 bits per heavy atom. The first kappa shape index (κ1) is 9.45. The summed E-state index contributed by atoms with van der Waals surface area (Å²) in [4.78, 5) is 24.6. The lowest BCUT2D eigenvalue weighted by atomic mass is 10.2. The minimum absolute atomic E-state index is 0.112. The number of aromatic amines is 1. The predicted molar refractivity (Wildman–Crippen MR) is 58.9 cm³/mol. The SMILES string of the molecule is CC(=O)Nc1ccc2[nH]c(=O)ccc2c1. The number of benzene rings is 1. The lowest BCUT2D eigenvalue weighted by molar-refractivity contribution is -0.114. The van der Waals surface area contributed by atoms with E-state index >= 15 is 0 Å². The molecule has 2 N–H and O–H groups in total. The molecule has 0 aliphatic rings. The maximum absolute atomic E-state index is 11.0. The number of nitrogens with one attached hydrogen (secondary N) is 2. The zero-order valence-corrected chi connectivity index (χ0v) is 8.20. The van der Waals surface area contributed by atoms with Crippen LogP contribution in [-0.4, -0.2) is 10.9 Å². The van der Waals surface area contributed by atoms with Gasteiger partial charge >= 0.3 is 0 Å². The van der Waals surface area contributed by atoms with Crippen LogP contribution in [0.1, 0.15) is 6.92 Å². The molecule has 0 radical (unpaired) electrons. The first-order valence-electron chi connectivity index (χ1n) is 4.56. The molecule has 2 rings (SSSR count). The van der Waals surface area contributed by atoms with Crippen LogP contribution in [0, 0.1) is 0 Å². The molecule has 0 bridgehead atoms. The monoisotopic (exact) mass is 202 g/mol. The molecular weight excluding hydrogens is 192 g/mol. The second-order valence-corrected chi connectivity index (χ2v) is 3.31. The molecule has 1 aromatic carbocycles. The predicted octanol–water partition coefficient (Wildman–Crippen LogP) is 1.49. The van der Waals surface area contributed by atoms with Crippen LogP contribution in [0.25, 0.3) is 10.9 Å². The third-order valence-corrected chi connectivity index (χ3v) is 2.04. The Balaban J connectivity index is 2.52. The maximum atomic E-state index is 11.0. The molecule has 0 fully saturated rings. The van der Waals surface area contributed by atoms with Gasteiger partial charge < -0.3 is 10.3 Å². The summed E-state index contributed by atoms with van der Waals surface area (Å²) in [5, 5.41) is 3.57. The molecule has 1 amide bonds. The van der Waals surface area contributed by atoms with Gasteiger partial charge in [0.05, 0.1) is 0 Å². The third-order valence-electron chi connectivity index (χ3n) is 2.04. The van der Waals surface area contributed by atoms with Gasteiger partial charge in [-0.25, -0.2) is 0 Å². The summed E-state index contributed by atoms with van der Waals surface area (Å²) in [5.74, 6) is -0.112. The molecule has 1 heterocycles. The molecule has 76 valence electrons. The van der Waals surface area contributed by atoms with Crippen LogP contribution >= 0.6 is 0 Å². The summed E-state index contributed by atoms with van der Waals surface area (Å²) in [7, 11) is 0. The highest BCUT2D eigenvalue weighted by molar-refractivity contribution is 5.92. The molecule has 1 aromatic heterocycles. The minimum Gasteiger partial charge on any atom is -0.326 e. The molecule has 0 aliphatic heterocycles. The fraction of sp³-hybridized carbons (Fsp3) is 0.0909. The number of anilines is 1. The molecule has 15 heavy (non-hydrogen) atoms. The molecule has 2 aromatic rings. The van der Waals surface area contributed by atoms with Crippen LogP contribution < -0.4 is 10.9 Å². The minimum atomic E-state index is -0.130. The van der Waals surface area contributed by atoms with Crippen molar-refractivity contribution in [1.82, 2.24) is 4.98 Å². The lowest BCUT2D eigenvalue weighted by Gasteiger charge is -2.03. The van der Waals surface area contributed by atoms with Crippen LogP contribution in [0.3, 0.4) is 0 Å². The van der Waals surface area contributed by atoms with E-state index in [0.29, 0.717) is 0 Å².